The molecule has 7 heteroatoms. The minimum absolute atomic E-state index is 0.0142. The number of carbonyl (C=O) groups excluding carboxylic acids is 2. The smallest absolute Gasteiger partial charge is 0.355 e. The third kappa shape index (κ3) is 2.34. The molecule has 1 amide bonds. The van der Waals surface area contributed by atoms with E-state index in [1.807, 2.05) is 6.92 Å². The van der Waals surface area contributed by atoms with Gasteiger partial charge in [-0.15, -0.1) is 0 Å². The molecular formula is C15H14N2O5. The zero-order valence-electron chi connectivity index (χ0n) is 11.9. The van der Waals surface area contributed by atoms with E-state index in [2.05, 4.69) is 0 Å². The molecule has 1 saturated heterocycles. The van der Waals surface area contributed by atoms with E-state index in [0.29, 0.717) is 24.1 Å². The van der Waals surface area contributed by atoms with Gasteiger partial charge in [0.25, 0.3) is 5.69 Å². The fourth-order valence-electron chi connectivity index (χ4n) is 2.81. The van der Waals surface area contributed by atoms with Crippen molar-refractivity contribution < 1.29 is 19.2 Å². The van der Waals surface area contributed by atoms with Gasteiger partial charge in [-0.05, 0) is 36.6 Å². The van der Waals surface area contributed by atoms with Gasteiger partial charge in [-0.25, -0.2) is 4.79 Å². The quantitative estimate of drug-likeness (QED) is 0.367. The first kappa shape index (κ1) is 14.2. The van der Waals surface area contributed by atoms with Crippen LogP contribution in [0.1, 0.15) is 25.3 Å². The van der Waals surface area contributed by atoms with Gasteiger partial charge in [0.05, 0.1) is 4.92 Å². The lowest BCUT2D eigenvalue weighted by Crippen LogP contribution is -2.49. The van der Waals surface area contributed by atoms with E-state index in [9.17, 15) is 19.7 Å². The zero-order valence-corrected chi connectivity index (χ0v) is 11.9. The lowest BCUT2D eigenvalue weighted by molar-refractivity contribution is -0.384. The first-order valence-electron chi connectivity index (χ1n) is 6.89. The average molecular weight is 302 g/mol. The van der Waals surface area contributed by atoms with Crippen LogP contribution in [0.2, 0.25) is 0 Å². The van der Waals surface area contributed by atoms with Gasteiger partial charge in [-0.1, -0.05) is 0 Å². The molecule has 1 unspecified atom stereocenters. The summed E-state index contributed by atoms with van der Waals surface area (Å²) in [5, 5.41) is 10.6. The van der Waals surface area contributed by atoms with E-state index in [1.54, 1.807) is 12.1 Å². The van der Waals surface area contributed by atoms with Crippen molar-refractivity contribution in [3.05, 3.63) is 51.2 Å². The highest BCUT2D eigenvalue weighted by Gasteiger charge is 2.46. The summed E-state index contributed by atoms with van der Waals surface area (Å²) in [6.45, 7) is 1.84. The average Bonchev–Trinajstić information content (AvgIpc) is 2.76. The lowest BCUT2D eigenvalue weighted by Gasteiger charge is -2.35. The Labute approximate surface area is 126 Å². The molecule has 7 nitrogen and oxygen atoms in total. The normalized spacial score (nSPS) is 19.8. The van der Waals surface area contributed by atoms with Crippen molar-refractivity contribution in [1.29, 1.82) is 0 Å². The van der Waals surface area contributed by atoms with Gasteiger partial charge in [-0.3, -0.25) is 14.9 Å². The van der Waals surface area contributed by atoms with Crippen molar-refractivity contribution in [3.8, 4) is 0 Å². The summed E-state index contributed by atoms with van der Waals surface area (Å²) in [6, 6.07) is 5.91. The second-order valence-corrected chi connectivity index (χ2v) is 5.45. The molecule has 0 aromatic heterocycles. The van der Waals surface area contributed by atoms with Crippen LogP contribution in [0, 0.1) is 10.1 Å². The van der Waals surface area contributed by atoms with Crippen molar-refractivity contribution in [3.63, 3.8) is 0 Å². The third-order valence-electron chi connectivity index (χ3n) is 3.94. The second kappa shape index (κ2) is 5.25. The fourth-order valence-corrected chi connectivity index (χ4v) is 2.81. The van der Waals surface area contributed by atoms with E-state index in [0.717, 1.165) is 5.57 Å². The molecule has 0 N–H and O–H groups in total. The van der Waals surface area contributed by atoms with Gasteiger partial charge < -0.3 is 9.64 Å². The Balaban J connectivity index is 1.64. The molecule has 114 valence electrons. The van der Waals surface area contributed by atoms with Crippen LogP contribution in [0.3, 0.4) is 0 Å². The van der Waals surface area contributed by atoms with Crippen molar-refractivity contribution in [2.45, 2.75) is 32.4 Å². The summed E-state index contributed by atoms with van der Waals surface area (Å²) in [5.41, 5.74) is 1.85. The highest BCUT2D eigenvalue weighted by atomic mass is 16.6. The number of nitrogens with zero attached hydrogens (tertiary/aromatic N) is 2. The molecule has 22 heavy (non-hydrogen) atoms. The van der Waals surface area contributed by atoms with Crippen molar-refractivity contribution >= 4 is 17.6 Å². The van der Waals surface area contributed by atoms with Gasteiger partial charge in [0.15, 0.2) is 0 Å². The number of carbonyl (C=O) groups is 2. The number of ether oxygens (including phenoxy) is 1. The second-order valence-electron chi connectivity index (χ2n) is 5.45. The minimum atomic E-state index is -0.522. The molecule has 1 aromatic rings. The number of hydrogen-bond acceptors (Lipinski definition) is 5. The van der Waals surface area contributed by atoms with E-state index in [-0.39, 0.29) is 24.2 Å². The van der Waals surface area contributed by atoms with E-state index < -0.39 is 10.9 Å². The summed E-state index contributed by atoms with van der Waals surface area (Å²) < 4.78 is 5.22. The summed E-state index contributed by atoms with van der Waals surface area (Å²) in [5.74, 6) is -0.574. The Morgan fingerprint density at radius 1 is 1.36 bits per heavy atom. The molecular weight excluding hydrogens is 288 g/mol. The number of benzene rings is 1. The molecule has 1 fully saturated rings. The number of hydrogen-bond donors (Lipinski definition) is 0. The molecule has 0 bridgehead atoms. The summed E-state index contributed by atoms with van der Waals surface area (Å²) in [4.78, 5) is 35.3. The molecule has 0 saturated carbocycles. The predicted molar refractivity (Wildman–Crippen MR) is 75.5 cm³/mol. The number of nitro benzene ring substituents is 1. The van der Waals surface area contributed by atoms with E-state index in [4.69, 9.17) is 4.74 Å². The number of fused-ring (bicyclic) bond motifs is 1. The van der Waals surface area contributed by atoms with Crippen LogP contribution in [-0.2, 0) is 20.9 Å². The number of non-ortho nitro benzene ring substituents is 1. The SMILES string of the molecule is CC1=C(C(=O)OCc2ccc([N+](=O)[O-])cc2)N2C(=O)CC2C1. The van der Waals surface area contributed by atoms with Crippen LogP contribution in [0.25, 0.3) is 0 Å². The summed E-state index contributed by atoms with van der Waals surface area (Å²) in [6.07, 6.45) is 1.20. The molecule has 0 radical (unpaired) electrons. The number of β-lactam (4-membered cyclic amide) rings is 1. The van der Waals surface area contributed by atoms with Crippen LogP contribution >= 0.6 is 0 Å². The van der Waals surface area contributed by atoms with Crippen LogP contribution in [0.5, 0.6) is 0 Å². The Hall–Kier alpha value is -2.70. The van der Waals surface area contributed by atoms with Gasteiger partial charge in [0.2, 0.25) is 5.91 Å². The van der Waals surface area contributed by atoms with Gasteiger partial charge >= 0.3 is 5.97 Å². The van der Waals surface area contributed by atoms with Crippen molar-refractivity contribution in [2.24, 2.45) is 0 Å². The summed E-state index contributed by atoms with van der Waals surface area (Å²) in [7, 11) is 0. The highest BCUT2D eigenvalue weighted by molar-refractivity contribution is 5.99. The van der Waals surface area contributed by atoms with E-state index in [1.165, 1.54) is 17.0 Å². The Morgan fingerprint density at radius 3 is 2.64 bits per heavy atom. The maximum Gasteiger partial charge on any atom is 0.355 e. The number of nitro groups is 1. The topological polar surface area (TPSA) is 89.8 Å². The zero-order chi connectivity index (χ0) is 15.9. The number of esters is 1. The third-order valence-corrected chi connectivity index (χ3v) is 3.94. The fraction of sp³-hybridized carbons (Fsp3) is 0.333. The minimum Gasteiger partial charge on any atom is -0.456 e. The Kier molecular flexibility index (Phi) is 3.40. The molecule has 0 aliphatic carbocycles. The summed E-state index contributed by atoms with van der Waals surface area (Å²) >= 11 is 0. The van der Waals surface area contributed by atoms with Gasteiger partial charge in [0, 0.05) is 24.6 Å². The molecule has 1 atom stereocenters. The largest absolute Gasteiger partial charge is 0.456 e. The van der Waals surface area contributed by atoms with Crippen molar-refractivity contribution in [1.82, 2.24) is 4.90 Å². The van der Waals surface area contributed by atoms with Crippen LogP contribution in [0.4, 0.5) is 5.69 Å². The van der Waals surface area contributed by atoms with Crippen LogP contribution < -0.4 is 0 Å². The number of rotatable bonds is 4. The molecule has 2 aliphatic heterocycles. The maximum atomic E-state index is 12.2. The standard InChI is InChI=1S/C15H14N2O5/c1-9-6-12-7-13(18)16(12)14(9)15(19)22-8-10-2-4-11(5-3-10)17(20)21/h2-5,12H,6-8H2,1H3. The predicted octanol–water partition coefficient (Wildman–Crippen LogP) is 1.92. The van der Waals surface area contributed by atoms with E-state index >= 15 is 0 Å². The molecule has 1 aromatic carbocycles. The van der Waals surface area contributed by atoms with Gasteiger partial charge in [-0.2, -0.15) is 0 Å². The molecule has 3 rings (SSSR count). The first-order valence-corrected chi connectivity index (χ1v) is 6.89. The highest BCUT2D eigenvalue weighted by Crippen LogP contribution is 2.38. The molecule has 0 spiro atoms. The Morgan fingerprint density at radius 2 is 2.05 bits per heavy atom. The van der Waals surface area contributed by atoms with Crippen LogP contribution in [0.15, 0.2) is 35.5 Å². The van der Waals surface area contributed by atoms with Gasteiger partial charge in [0.1, 0.15) is 12.3 Å². The Bertz CT molecular complexity index is 692. The number of amides is 1. The first-order chi connectivity index (χ1) is 10.5. The lowest BCUT2D eigenvalue weighted by atomic mass is 10.0. The monoisotopic (exact) mass is 302 g/mol. The maximum absolute atomic E-state index is 12.2. The van der Waals surface area contributed by atoms with Crippen molar-refractivity contribution in [2.75, 3.05) is 0 Å². The molecule has 2 aliphatic rings. The molecule has 2 heterocycles. The van der Waals surface area contributed by atoms with Crippen LogP contribution in [-0.4, -0.2) is 27.7 Å².